The van der Waals surface area contributed by atoms with Gasteiger partial charge in [-0.15, -0.1) is 0 Å². The lowest BCUT2D eigenvalue weighted by atomic mass is 9.95. The molecule has 0 unspecified atom stereocenters. The quantitative estimate of drug-likeness (QED) is 0.771. The zero-order valence-electron chi connectivity index (χ0n) is 17.2. The van der Waals surface area contributed by atoms with Gasteiger partial charge in [0.2, 0.25) is 5.91 Å². The van der Waals surface area contributed by atoms with Gasteiger partial charge in [0.15, 0.2) is 0 Å². The lowest BCUT2D eigenvalue weighted by molar-refractivity contribution is -0.131. The fourth-order valence-electron chi connectivity index (χ4n) is 4.26. The van der Waals surface area contributed by atoms with Crippen LogP contribution in [0.15, 0.2) is 36.4 Å². The Bertz CT molecular complexity index is 876. The van der Waals surface area contributed by atoms with Crippen molar-refractivity contribution in [3.8, 4) is 5.75 Å². The van der Waals surface area contributed by atoms with Gasteiger partial charge in [0.25, 0.3) is 0 Å². The molecule has 6 heteroatoms. The van der Waals surface area contributed by atoms with Gasteiger partial charge in [-0.25, -0.2) is 0 Å². The van der Waals surface area contributed by atoms with Gasteiger partial charge in [0, 0.05) is 61.1 Å². The number of hydrogen-bond acceptors (Lipinski definition) is 4. The SMILES string of the molecule is COc1ccc(N2CCN(C)CC2)c2c1CCN(C(=O)Cc1ccc(Cl)cc1)C2. The van der Waals surface area contributed by atoms with Crippen LogP contribution in [0.5, 0.6) is 5.75 Å². The Balaban J connectivity index is 1.56. The highest BCUT2D eigenvalue weighted by Gasteiger charge is 2.28. The molecule has 0 bridgehead atoms. The summed E-state index contributed by atoms with van der Waals surface area (Å²) in [5, 5.41) is 0.692. The maximum atomic E-state index is 13.0. The Kier molecular flexibility index (Phi) is 5.97. The molecule has 2 heterocycles. The predicted molar refractivity (Wildman–Crippen MR) is 117 cm³/mol. The first kappa shape index (κ1) is 20.0. The third kappa shape index (κ3) is 4.36. The van der Waals surface area contributed by atoms with Crippen LogP contribution in [0, 0.1) is 0 Å². The zero-order valence-corrected chi connectivity index (χ0v) is 17.9. The van der Waals surface area contributed by atoms with E-state index < -0.39 is 0 Å². The summed E-state index contributed by atoms with van der Waals surface area (Å²) in [6.07, 6.45) is 1.23. The number of benzene rings is 2. The molecule has 0 aliphatic carbocycles. The van der Waals surface area contributed by atoms with Gasteiger partial charge in [-0.3, -0.25) is 4.79 Å². The van der Waals surface area contributed by atoms with Gasteiger partial charge in [-0.1, -0.05) is 23.7 Å². The van der Waals surface area contributed by atoms with Crippen LogP contribution in [0.1, 0.15) is 16.7 Å². The molecular formula is C23H28ClN3O2. The van der Waals surface area contributed by atoms with E-state index >= 15 is 0 Å². The highest BCUT2D eigenvalue weighted by atomic mass is 35.5. The molecule has 154 valence electrons. The molecule has 0 aromatic heterocycles. The van der Waals surface area contributed by atoms with Gasteiger partial charge < -0.3 is 19.4 Å². The van der Waals surface area contributed by atoms with Gasteiger partial charge >= 0.3 is 0 Å². The minimum absolute atomic E-state index is 0.158. The fourth-order valence-corrected chi connectivity index (χ4v) is 4.39. The van der Waals surface area contributed by atoms with Gasteiger partial charge in [-0.2, -0.15) is 0 Å². The maximum Gasteiger partial charge on any atom is 0.227 e. The molecule has 1 amide bonds. The van der Waals surface area contributed by atoms with Gasteiger partial charge in [0.1, 0.15) is 5.75 Å². The summed E-state index contributed by atoms with van der Waals surface area (Å²) in [5.74, 6) is 1.09. The molecule has 2 aromatic carbocycles. The molecule has 1 saturated heterocycles. The maximum absolute atomic E-state index is 13.0. The largest absolute Gasteiger partial charge is 0.496 e. The minimum atomic E-state index is 0.158. The molecular weight excluding hydrogens is 386 g/mol. The van der Waals surface area contributed by atoms with Crippen LogP contribution < -0.4 is 9.64 Å². The standard InChI is InChI=1S/C23H28ClN3O2/c1-25-11-13-26(14-12-25)21-7-8-22(29-2)19-9-10-27(16-20(19)21)23(28)15-17-3-5-18(24)6-4-17/h3-8H,9-16H2,1-2H3. The molecule has 0 saturated carbocycles. The molecule has 0 atom stereocenters. The number of likely N-dealkylation sites (N-methyl/N-ethyl adjacent to an activating group) is 1. The monoisotopic (exact) mass is 413 g/mol. The lowest BCUT2D eigenvalue weighted by Crippen LogP contribution is -2.45. The molecule has 4 rings (SSSR count). The summed E-state index contributed by atoms with van der Waals surface area (Å²) in [7, 11) is 3.89. The van der Waals surface area contributed by atoms with Crippen molar-refractivity contribution in [3.63, 3.8) is 0 Å². The summed E-state index contributed by atoms with van der Waals surface area (Å²) >= 11 is 5.97. The number of nitrogens with zero attached hydrogens (tertiary/aromatic N) is 3. The van der Waals surface area contributed by atoms with Crippen molar-refractivity contribution in [1.29, 1.82) is 0 Å². The number of methoxy groups -OCH3 is 1. The number of ether oxygens (including phenoxy) is 1. The number of halogens is 1. The lowest BCUT2D eigenvalue weighted by Gasteiger charge is -2.38. The second-order valence-electron chi connectivity index (χ2n) is 7.90. The third-order valence-corrected chi connectivity index (χ3v) is 6.28. The van der Waals surface area contributed by atoms with E-state index in [0.717, 1.165) is 50.5 Å². The molecule has 2 aromatic rings. The average molecular weight is 414 g/mol. The van der Waals surface area contributed by atoms with Crippen molar-refractivity contribution in [2.75, 3.05) is 51.8 Å². The molecule has 0 spiro atoms. The number of hydrogen-bond donors (Lipinski definition) is 0. The van der Waals surface area contributed by atoms with E-state index in [0.29, 0.717) is 18.0 Å². The van der Waals surface area contributed by atoms with Crippen LogP contribution in [0.4, 0.5) is 5.69 Å². The number of piperazine rings is 1. The predicted octanol–water partition coefficient (Wildman–Crippen LogP) is 3.23. The van der Waals surface area contributed by atoms with E-state index in [2.05, 4.69) is 29.0 Å². The number of carbonyl (C=O) groups is 1. The molecule has 29 heavy (non-hydrogen) atoms. The fraction of sp³-hybridized carbons (Fsp3) is 0.435. The van der Waals surface area contributed by atoms with Crippen LogP contribution in [-0.4, -0.2) is 62.6 Å². The van der Waals surface area contributed by atoms with E-state index in [1.165, 1.54) is 16.8 Å². The van der Waals surface area contributed by atoms with Crippen molar-refractivity contribution >= 4 is 23.2 Å². The zero-order chi connectivity index (χ0) is 20.4. The first-order valence-electron chi connectivity index (χ1n) is 10.2. The van der Waals surface area contributed by atoms with Gasteiger partial charge in [-0.05, 0) is 43.3 Å². The number of amides is 1. The molecule has 0 N–H and O–H groups in total. The van der Waals surface area contributed by atoms with Crippen LogP contribution >= 0.6 is 11.6 Å². The van der Waals surface area contributed by atoms with Crippen molar-refractivity contribution in [1.82, 2.24) is 9.80 Å². The number of rotatable bonds is 4. The summed E-state index contributed by atoms with van der Waals surface area (Å²) in [6, 6.07) is 11.8. The van der Waals surface area contributed by atoms with Crippen molar-refractivity contribution < 1.29 is 9.53 Å². The topological polar surface area (TPSA) is 36.0 Å². The first-order chi connectivity index (χ1) is 14.0. The Morgan fingerprint density at radius 3 is 2.41 bits per heavy atom. The van der Waals surface area contributed by atoms with Crippen LogP contribution in [0.3, 0.4) is 0 Å². The summed E-state index contributed by atoms with van der Waals surface area (Å²) in [5.41, 5.74) is 4.73. The van der Waals surface area contributed by atoms with E-state index in [1.807, 2.05) is 29.2 Å². The normalized spacial score (nSPS) is 17.2. The summed E-state index contributed by atoms with van der Waals surface area (Å²) < 4.78 is 5.63. The van der Waals surface area contributed by atoms with Crippen molar-refractivity contribution in [2.24, 2.45) is 0 Å². The highest BCUT2D eigenvalue weighted by Crippen LogP contribution is 2.36. The van der Waals surface area contributed by atoms with Crippen molar-refractivity contribution in [2.45, 2.75) is 19.4 Å². The Morgan fingerprint density at radius 2 is 1.72 bits per heavy atom. The number of anilines is 1. The Labute approximate surface area is 177 Å². The second-order valence-corrected chi connectivity index (χ2v) is 8.34. The van der Waals surface area contributed by atoms with Crippen LogP contribution in [0.25, 0.3) is 0 Å². The van der Waals surface area contributed by atoms with E-state index in [4.69, 9.17) is 16.3 Å². The first-order valence-corrected chi connectivity index (χ1v) is 10.6. The van der Waals surface area contributed by atoms with Crippen LogP contribution in [0.2, 0.25) is 5.02 Å². The molecule has 0 radical (unpaired) electrons. The minimum Gasteiger partial charge on any atom is -0.496 e. The van der Waals surface area contributed by atoms with E-state index in [1.54, 1.807) is 7.11 Å². The number of carbonyl (C=O) groups excluding carboxylic acids is 1. The van der Waals surface area contributed by atoms with Gasteiger partial charge in [0.05, 0.1) is 13.5 Å². The molecule has 2 aliphatic heterocycles. The molecule has 1 fully saturated rings. The second kappa shape index (κ2) is 8.64. The van der Waals surface area contributed by atoms with E-state index in [-0.39, 0.29) is 5.91 Å². The molecule has 5 nitrogen and oxygen atoms in total. The molecule has 2 aliphatic rings. The van der Waals surface area contributed by atoms with E-state index in [9.17, 15) is 4.79 Å². The third-order valence-electron chi connectivity index (χ3n) is 6.03. The highest BCUT2D eigenvalue weighted by molar-refractivity contribution is 6.30. The van der Waals surface area contributed by atoms with Crippen molar-refractivity contribution in [3.05, 3.63) is 58.1 Å². The summed E-state index contributed by atoms with van der Waals surface area (Å²) in [4.78, 5) is 19.8. The average Bonchev–Trinajstić information content (AvgIpc) is 2.75. The smallest absolute Gasteiger partial charge is 0.227 e. The summed E-state index contributed by atoms with van der Waals surface area (Å²) in [6.45, 7) is 5.49. The Hall–Kier alpha value is -2.24. The Morgan fingerprint density at radius 1 is 1.00 bits per heavy atom. The number of fused-ring (bicyclic) bond motifs is 1. The van der Waals surface area contributed by atoms with Crippen LogP contribution in [-0.2, 0) is 24.2 Å².